The molecule has 0 atom stereocenters. The summed E-state index contributed by atoms with van der Waals surface area (Å²) in [5.41, 5.74) is 0. The van der Waals surface area contributed by atoms with Gasteiger partial charge in [0.15, 0.2) is 0 Å². The maximum absolute atomic E-state index is 5.83. The van der Waals surface area contributed by atoms with Gasteiger partial charge >= 0.3 is 0 Å². The van der Waals surface area contributed by atoms with Crippen molar-refractivity contribution in [2.45, 2.75) is 50.9 Å². The molecular weight excluding hydrogens is 198 g/mol. The van der Waals surface area contributed by atoms with E-state index in [1.165, 1.54) is 19.3 Å². The molecule has 1 aliphatic carbocycles. The molecule has 1 aliphatic rings. The lowest BCUT2D eigenvalue weighted by Gasteiger charge is -2.26. The summed E-state index contributed by atoms with van der Waals surface area (Å²) in [7, 11) is 0. The Morgan fingerprint density at radius 2 is 2.14 bits per heavy atom. The third kappa shape index (κ3) is 1.54. The summed E-state index contributed by atoms with van der Waals surface area (Å²) in [6.45, 7) is 4.31. The number of nitrogens with zero attached hydrogens (tertiary/aromatic N) is 3. The van der Waals surface area contributed by atoms with Crippen molar-refractivity contribution in [3.63, 3.8) is 0 Å². The fourth-order valence-corrected chi connectivity index (χ4v) is 2.12. The van der Waals surface area contributed by atoms with E-state index in [0.29, 0.717) is 17.8 Å². The Morgan fingerprint density at radius 1 is 1.43 bits per heavy atom. The molecule has 4 heteroatoms. The van der Waals surface area contributed by atoms with Crippen LogP contribution in [0.4, 0.5) is 0 Å². The van der Waals surface area contributed by atoms with Crippen molar-refractivity contribution in [3.05, 3.63) is 11.6 Å². The van der Waals surface area contributed by atoms with Crippen molar-refractivity contribution in [2.75, 3.05) is 0 Å². The van der Waals surface area contributed by atoms with Crippen LogP contribution in [0, 0.1) is 0 Å². The zero-order valence-electron chi connectivity index (χ0n) is 8.70. The van der Waals surface area contributed by atoms with E-state index in [1.54, 1.807) is 0 Å². The van der Waals surface area contributed by atoms with Crippen LogP contribution in [-0.4, -0.2) is 14.8 Å². The highest BCUT2D eigenvalue weighted by atomic mass is 35.5. The first-order valence-electron chi connectivity index (χ1n) is 5.23. The SMILES string of the molecule is CC(C)n1c(CCl)nnc1C1CCC1. The summed E-state index contributed by atoms with van der Waals surface area (Å²) in [5, 5.41) is 8.40. The van der Waals surface area contributed by atoms with Crippen LogP contribution < -0.4 is 0 Å². The van der Waals surface area contributed by atoms with Crippen LogP contribution in [0.2, 0.25) is 0 Å². The van der Waals surface area contributed by atoms with Crippen molar-refractivity contribution in [2.24, 2.45) is 0 Å². The summed E-state index contributed by atoms with van der Waals surface area (Å²) in [6.07, 6.45) is 3.84. The number of alkyl halides is 1. The van der Waals surface area contributed by atoms with E-state index in [9.17, 15) is 0 Å². The van der Waals surface area contributed by atoms with Gasteiger partial charge in [0, 0.05) is 12.0 Å². The molecule has 1 saturated carbocycles. The number of hydrogen-bond acceptors (Lipinski definition) is 2. The molecule has 0 aromatic carbocycles. The van der Waals surface area contributed by atoms with E-state index >= 15 is 0 Å². The quantitative estimate of drug-likeness (QED) is 0.723. The Labute approximate surface area is 89.5 Å². The summed E-state index contributed by atoms with van der Waals surface area (Å²) >= 11 is 5.83. The maximum atomic E-state index is 5.83. The molecule has 0 amide bonds. The molecule has 1 aromatic rings. The van der Waals surface area contributed by atoms with Crippen molar-refractivity contribution in [3.8, 4) is 0 Å². The van der Waals surface area contributed by atoms with Crippen LogP contribution in [0.3, 0.4) is 0 Å². The molecule has 0 bridgehead atoms. The smallest absolute Gasteiger partial charge is 0.148 e. The molecule has 0 radical (unpaired) electrons. The predicted molar refractivity (Wildman–Crippen MR) is 56.6 cm³/mol. The maximum Gasteiger partial charge on any atom is 0.148 e. The molecule has 3 nitrogen and oxygen atoms in total. The van der Waals surface area contributed by atoms with Crippen LogP contribution in [0.1, 0.15) is 56.7 Å². The van der Waals surface area contributed by atoms with Crippen LogP contribution in [0.25, 0.3) is 0 Å². The Hall–Kier alpha value is -0.570. The summed E-state index contributed by atoms with van der Waals surface area (Å²) in [6, 6.07) is 0.411. The first kappa shape index (κ1) is 9.97. The van der Waals surface area contributed by atoms with Gasteiger partial charge in [-0.3, -0.25) is 0 Å². The lowest BCUT2D eigenvalue weighted by molar-refractivity contribution is 0.376. The molecule has 1 fully saturated rings. The van der Waals surface area contributed by atoms with Crippen molar-refractivity contribution < 1.29 is 0 Å². The third-order valence-electron chi connectivity index (χ3n) is 2.90. The van der Waals surface area contributed by atoms with Crippen LogP contribution >= 0.6 is 11.6 Å². The minimum atomic E-state index is 0.411. The van der Waals surface area contributed by atoms with E-state index in [4.69, 9.17) is 11.6 Å². The first-order chi connectivity index (χ1) is 6.74. The number of rotatable bonds is 3. The molecule has 0 aliphatic heterocycles. The molecule has 0 unspecified atom stereocenters. The lowest BCUT2D eigenvalue weighted by atomic mass is 9.84. The van der Waals surface area contributed by atoms with E-state index < -0.39 is 0 Å². The first-order valence-corrected chi connectivity index (χ1v) is 5.77. The summed E-state index contributed by atoms with van der Waals surface area (Å²) in [4.78, 5) is 0. The number of aromatic nitrogens is 3. The standard InChI is InChI=1S/C10H16ClN3/c1-7(2)14-9(6-11)12-13-10(14)8-4-3-5-8/h7-8H,3-6H2,1-2H3. The Morgan fingerprint density at radius 3 is 2.57 bits per heavy atom. The van der Waals surface area contributed by atoms with Gasteiger partial charge in [0.25, 0.3) is 0 Å². The third-order valence-corrected chi connectivity index (χ3v) is 3.14. The van der Waals surface area contributed by atoms with E-state index in [1.807, 2.05) is 0 Å². The highest BCUT2D eigenvalue weighted by Gasteiger charge is 2.27. The molecule has 1 heterocycles. The molecule has 0 N–H and O–H groups in total. The van der Waals surface area contributed by atoms with E-state index in [-0.39, 0.29) is 0 Å². The normalized spacial score (nSPS) is 17.4. The zero-order valence-corrected chi connectivity index (χ0v) is 9.46. The van der Waals surface area contributed by atoms with Crippen molar-refractivity contribution >= 4 is 11.6 Å². The highest BCUT2D eigenvalue weighted by Crippen LogP contribution is 2.36. The van der Waals surface area contributed by atoms with Gasteiger partial charge in [-0.05, 0) is 26.7 Å². The second-order valence-electron chi connectivity index (χ2n) is 4.20. The van der Waals surface area contributed by atoms with Gasteiger partial charge in [-0.1, -0.05) is 6.42 Å². The van der Waals surface area contributed by atoms with Crippen LogP contribution in [0.15, 0.2) is 0 Å². The van der Waals surface area contributed by atoms with Crippen LogP contribution in [-0.2, 0) is 5.88 Å². The number of hydrogen-bond donors (Lipinski definition) is 0. The zero-order chi connectivity index (χ0) is 10.1. The van der Waals surface area contributed by atoms with Crippen molar-refractivity contribution in [1.82, 2.24) is 14.8 Å². The second kappa shape index (κ2) is 3.89. The Kier molecular flexibility index (Phi) is 2.77. The van der Waals surface area contributed by atoms with E-state index in [2.05, 4.69) is 28.6 Å². The van der Waals surface area contributed by atoms with Gasteiger partial charge in [-0.25, -0.2) is 0 Å². The van der Waals surface area contributed by atoms with Gasteiger partial charge in [-0.15, -0.1) is 21.8 Å². The fourth-order valence-electron chi connectivity index (χ4n) is 1.94. The average Bonchev–Trinajstić information content (AvgIpc) is 2.44. The largest absolute Gasteiger partial charge is 0.311 e. The fraction of sp³-hybridized carbons (Fsp3) is 0.800. The van der Waals surface area contributed by atoms with Gasteiger partial charge in [0.05, 0.1) is 5.88 Å². The molecule has 1 aromatic heterocycles. The highest BCUT2D eigenvalue weighted by molar-refractivity contribution is 6.16. The van der Waals surface area contributed by atoms with Gasteiger partial charge in [0.2, 0.25) is 0 Å². The van der Waals surface area contributed by atoms with Gasteiger partial charge in [-0.2, -0.15) is 0 Å². The average molecular weight is 214 g/mol. The predicted octanol–water partition coefficient (Wildman–Crippen LogP) is 2.87. The monoisotopic (exact) mass is 213 g/mol. The molecule has 2 rings (SSSR count). The van der Waals surface area contributed by atoms with Crippen molar-refractivity contribution in [1.29, 1.82) is 0 Å². The number of halogens is 1. The molecule has 78 valence electrons. The van der Waals surface area contributed by atoms with E-state index in [0.717, 1.165) is 11.6 Å². The summed E-state index contributed by atoms with van der Waals surface area (Å²) < 4.78 is 2.19. The Bertz CT molecular complexity index is 315. The van der Waals surface area contributed by atoms with Gasteiger partial charge in [0.1, 0.15) is 11.6 Å². The topological polar surface area (TPSA) is 30.7 Å². The molecule has 0 spiro atoms. The molecular formula is C10H16ClN3. The summed E-state index contributed by atoms with van der Waals surface area (Å²) in [5.74, 6) is 3.13. The Balaban J connectivity index is 2.33. The van der Waals surface area contributed by atoms with Crippen LogP contribution in [0.5, 0.6) is 0 Å². The molecule has 0 saturated heterocycles. The lowest BCUT2D eigenvalue weighted by Crippen LogP contribution is -2.17. The second-order valence-corrected chi connectivity index (χ2v) is 4.47. The molecule has 14 heavy (non-hydrogen) atoms. The van der Waals surface area contributed by atoms with Gasteiger partial charge < -0.3 is 4.57 Å². The minimum Gasteiger partial charge on any atom is -0.311 e. The minimum absolute atomic E-state index is 0.411.